The second kappa shape index (κ2) is 24.3. The van der Waals surface area contributed by atoms with Gasteiger partial charge in [-0.3, -0.25) is 29.1 Å². The van der Waals surface area contributed by atoms with Crippen molar-refractivity contribution in [3.8, 4) is 39.9 Å². The summed E-state index contributed by atoms with van der Waals surface area (Å²) in [7, 11) is 0. The highest BCUT2D eigenvalue weighted by Crippen LogP contribution is 2.46. The van der Waals surface area contributed by atoms with Crippen LogP contribution in [-0.4, -0.2) is 53.2 Å². The van der Waals surface area contributed by atoms with Crippen LogP contribution in [0, 0.1) is 0 Å². The van der Waals surface area contributed by atoms with Crippen LogP contribution in [0.2, 0.25) is 0 Å². The number of hydrogen-bond donors (Lipinski definition) is 0. The Labute approximate surface area is 513 Å². The van der Waals surface area contributed by atoms with E-state index < -0.39 is 0 Å². The van der Waals surface area contributed by atoms with Crippen LogP contribution in [0.1, 0.15) is 22.3 Å². The first kappa shape index (κ1) is 54.6. The Morgan fingerprint density at radius 1 is 0.414 bits per heavy atom. The number of thioether (sulfide) groups is 3. The third-order valence-corrected chi connectivity index (χ3v) is 17.1. The van der Waals surface area contributed by atoms with Gasteiger partial charge in [-0.15, -0.1) is 0 Å². The molecule has 5 aliphatic rings. The molecule has 424 valence electrons. The van der Waals surface area contributed by atoms with Gasteiger partial charge in [0.15, 0.2) is 38.5 Å². The molecule has 3 saturated heterocycles. The van der Waals surface area contributed by atoms with E-state index >= 15 is 0 Å². The van der Waals surface area contributed by atoms with Gasteiger partial charge in [-0.1, -0.05) is 121 Å². The van der Waals surface area contributed by atoms with Gasteiger partial charge in [-0.05, 0) is 178 Å². The van der Waals surface area contributed by atoms with Crippen LogP contribution in [0.25, 0.3) is 29.4 Å². The number of carbonyl (C=O) groups is 3. The molecule has 0 N–H and O–H groups in total. The van der Waals surface area contributed by atoms with E-state index in [0.717, 1.165) is 50.4 Å². The van der Waals surface area contributed by atoms with E-state index in [1.165, 1.54) is 35.3 Å². The summed E-state index contributed by atoms with van der Waals surface area (Å²) in [6, 6.07) is 70.6. The van der Waals surface area contributed by atoms with E-state index in [9.17, 15) is 14.4 Å². The monoisotopic (exact) mass is 1200 g/mol. The summed E-state index contributed by atoms with van der Waals surface area (Å²) in [5.74, 6) is 2.26. The lowest BCUT2D eigenvalue weighted by Crippen LogP contribution is -2.28. The molecule has 5 aliphatic heterocycles. The number of carbonyl (C=O) groups excluding carboxylic acids is 3. The number of anilines is 3. The molecule has 0 aliphatic carbocycles. The second-order valence-electron chi connectivity index (χ2n) is 20.1. The summed E-state index contributed by atoms with van der Waals surface area (Å²) in [6.45, 7) is 1.07. The van der Waals surface area contributed by atoms with E-state index in [0.29, 0.717) is 89.2 Å². The van der Waals surface area contributed by atoms with Crippen LogP contribution in [0.4, 0.5) is 34.1 Å². The molecule has 17 heteroatoms. The van der Waals surface area contributed by atoms with Gasteiger partial charge in [0.05, 0.1) is 48.8 Å². The standard InChI is InChI=1S/C70H48N6O8S3/c77-65-61(85-68(71-50-16-5-1-6-17-50)74(65)53-21-9-3-10-22-53)38-45-27-29-46(30-28-45)43-82-56-26-14-25-55(42-56)76-67(79)62(39-47-31-32-58-59(36-47)84-44-83-58)86-70(76)73-52-20-13-15-49(41-52)57-35-48(37-60-64(57)81-34-33-80-60)40-63-66(78)75(54-23-11-4-12-24-54)69(87-63)72-51-18-7-2-8-19-51/h1-32,35-42H,33-34,43-44H2/b61-38-,62-39-,63-40-,71-68?,72-69?,73-70?. The van der Waals surface area contributed by atoms with Crippen molar-refractivity contribution in [2.24, 2.45) is 15.0 Å². The van der Waals surface area contributed by atoms with Gasteiger partial charge in [0, 0.05) is 11.6 Å². The van der Waals surface area contributed by atoms with E-state index in [4.69, 9.17) is 38.7 Å². The van der Waals surface area contributed by atoms with Gasteiger partial charge >= 0.3 is 0 Å². The van der Waals surface area contributed by atoms with Crippen molar-refractivity contribution < 1.29 is 38.1 Å². The van der Waals surface area contributed by atoms with Crippen LogP contribution >= 0.6 is 35.3 Å². The molecule has 3 fully saturated rings. The van der Waals surface area contributed by atoms with Gasteiger partial charge in [-0.25, -0.2) is 15.0 Å². The van der Waals surface area contributed by atoms with Gasteiger partial charge in [0.1, 0.15) is 25.6 Å². The van der Waals surface area contributed by atoms with Crippen LogP contribution in [0.3, 0.4) is 0 Å². The molecule has 0 aromatic heterocycles. The largest absolute Gasteiger partial charge is 0.489 e. The lowest BCUT2D eigenvalue weighted by Gasteiger charge is -2.22. The van der Waals surface area contributed by atoms with Crippen molar-refractivity contribution in [3.05, 3.63) is 261 Å². The Balaban J connectivity index is 0.745. The first-order valence-electron chi connectivity index (χ1n) is 27.7. The number of hydrogen-bond acceptors (Lipinski definition) is 14. The van der Waals surface area contributed by atoms with E-state index in [1.807, 2.05) is 243 Å². The van der Waals surface area contributed by atoms with Crippen molar-refractivity contribution in [2.75, 3.05) is 34.7 Å². The average molecular weight is 1200 g/mol. The van der Waals surface area contributed by atoms with Crippen LogP contribution in [0.15, 0.2) is 254 Å². The second-order valence-corrected chi connectivity index (χ2v) is 23.1. The zero-order valence-corrected chi connectivity index (χ0v) is 48.5. The number of benzene rings is 9. The third-order valence-electron chi connectivity index (χ3n) is 14.2. The quantitative estimate of drug-likeness (QED) is 0.102. The summed E-state index contributed by atoms with van der Waals surface area (Å²) < 4.78 is 30.2. The molecule has 0 bridgehead atoms. The molecule has 0 radical (unpaired) electrons. The van der Waals surface area contributed by atoms with Crippen molar-refractivity contribution in [1.82, 2.24) is 0 Å². The van der Waals surface area contributed by atoms with Crippen molar-refractivity contribution in [2.45, 2.75) is 6.61 Å². The minimum Gasteiger partial charge on any atom is -0.489 e. The predicted octanol–water partition coefficient (Wildman–Crippen LogP) is 15.9. The first-order chi connectivity index (χ1) is 42.8. The summed E-state index contributed by atoms with van der Waals surface area (Å²) in [4.78, 5) is 64.4. The Hall–Kier alpha value is -10.3. The summed E-state index contributed by atoms with van der Waals surface area (Å²) in [6.07, 6.45) is 5.57. The molecule has 0 atom stereocenters. The number of ether oxygens (including phenoxy) is 5. The van der Waals surface area contributed by atoms with Crippen LogP contribution in [0.5, 0.6) is 28.7 Å². The fourth-order valence-electron chi connectivity index (χ4n) is 10.1. The Bertz CT molecular complexity index is 4370. The molecule has 14 rings (SSSR count). The summed E-state index contributed by atoms with van der Waals surface area (Å²) in [5.41, 5.74) is 8.81. The Morgan fingerprint density at radius 2 is 0.908 bits per heavy atom. The fourth-order valence-corrected chi connectivity index (χ4v) is 13.1. The molecule has 0 unspecified atom stereocenters. The van der Waals surface area contributed by atoms with Gasteiger partial charge in [0.25, 0.3) is 17.7 Å². The van der Waals surface area contributed by atoms with Crippen LogP contribution < -0.4 is 38.4 Å². The zero-order chi connectivity index (χ0) is 58.6. The maximum Gasteiger partial charge on any atom is 0.271 e. The average Bonchev–Trinajstić information content (AvgIpc) is 3.26. The maximum atomic E-state index is 14.8. The van der Waals surface area contributed by atoms with Gasteiger partial charge in [-0.2, -0.15) is 0 Å². The molecule has 3 amide bonds. The number of amides is 3. The highest BCUT2D eigenvalue weighted by molar-refractivity contribution is 8.20. The number of amidine groups is 3. The maximum absolute atomic E-state index is 14.8. The number of aliphatic imine (C=N–C) groups is 3. The van der Waals surface area contributed by atoms with Crippen molar-refractivity contribution >= 4 is 121 Å². The lowest BCUT2D eigenvalue weighted by molar-refractivity contribution is -0.114. The zero-order valence-electron chi connectivity index (χ0n) is 46.1. The fraction of sp³-hybridized carbons (Fsp3) is 0.0571. The molecule has 5 heterocycles. The number of rotatable bonds is 13. The number of nitrogens with zero attached hydrogens (tertiary/aromatic N) is 6. The molecule has 9 aromatic carbocycles. The lowest BCUT2D eigenvalue weighted by atomic mass is 10.00. The minimum atomic E-state index is -0.277. The van der Waals surface area contributed by atoms with E-state index in [2.05, 4.69) is 0 Å². The molecule has 0 spiro atoms. The first-order valence-corrected chi connectivity index (χ1v) is 30.2. The van der Waals surface area contributed by atoms with E-state index in [-0.39, 0.29) is 31.1 Å². The number of para-hydroxylation sites is 4. The summed E-state index contributed by atoms with van der Waals surface area (Å²) in [5, 5.41) is 1.53. The molecule has 9 aromatic rings. The third kappa shape index (κ3) is 11.8. The molecular weight excluding hydrogens is 1150 g/mol. The van der Waals surface area contributed by atoms with Gasteiger partial charge in [0.2, 0.25) is 6.79 Å². The highest BCUT2D eigenvalue weighted by Gasteiger charge is 2.38. The number of fused-ring (bicyclic) bond motifs is 2. The van der Waals surface area contributed by atoms with E-state index in [1.54, 1.807) is 14.7 Å². The normalized spacial score (nSPS) is 18.2. The summed E-state index contributed by atoms with van der Waals surface area (Å²) >= 11 is 3.90. The molecule has 0 saturated carbocycles. The molecular formula is C70H48N6O8S3. The van der Waals surface area contributed by atoms with Gasteiger partial charge < -0.3 is 23.7 Å². The molecule has 14 nitrogen and oxygen atoms in total. The Kier molecular flexibility index (Phi) is 15.3. The van der Waals surface area contributed by atoms with Crippen LogP contribution in [-0.2, 0) is 21.0 Å². The molecule has 87 heavy (non-hydrogen) atoms. The predicted molar refractivity (Wildman–Crippen MR) is 349 cm³/mol. The smallest absolute Gasteiger partial charge is 0.271 e. The topological polar surface area (TPSA) is 144 Å². The highest BCUT2D eigenvalue weighted by atomic mass is 32.2. The SMILES string of the molecule is O=C1/C(=C/c2ccc(COc3cccc(N4C(=O)/C(=C/c5ccc6c(c5)OCO6)SC4=Nc4cccc(-c5cc(/C=C6\SC(=Nc7ccccc7)N(c7ccccc7)C6=O)cc6c5OCCO6)c4)c3)cc2)SC(=Nc2ccccc2)N1c1ccccc1. The minimum absolute atomic E-state index is 0.124. The Morgan fingerprint density at radius 3 is 1.54 bits per heavy atom. The van der Waals surface area contributed by atoms with Crippen molar-refractivity contribution in [3.63, 3.8) is 0 Å². The van der Waals surface area contributed by atoms with Crippen molar-refractivity contribution in [1.29, 1.82) is 0 Å².